The number of nitrogens with zero attached hydrogens (tertiary/aromatic N) is 1. The van der Waals surface area contributed by atoms with Crippen LogP contribution in [0.1, 0.15) is 44.2 Å². The van der Waals surface area contributed by atoms with Crippen LogP contribution in [0.2, 0.25) is 0 Å². The molecule has 0 atom stereocenters. The van der Waals surface area contributed by atoms with Crippen LogP contribution in [0.15, 0.2) is 24.3 Å². The van der Waals surface area contributed by atoms with Crippen LogP contribution in [-0.2, 0) is 0 Å². The molecular weight excluding hydrogens is 248 g/mol. The van der Waals surface area contributed by atoms with Gasteiger partial charge in [0.25, 0.3) is 0 Å². The molecule has 0 unspecified atom stereocenters. The molecule has 1 saturated carbocycles. The number of ether oxygens (including phenoxy) is 1. The smallest absolute Gasteiger partial charge is 0.119 e. The molecule has 0 spiro atoms. The second-order valence-corrected chi connectivity index (χ2v) is 5.49. The summed E-state index contributed by atoms with van der Waals surface area (Å²) in [6, 6.07) is 8.36. The molecule has 0 bridgehead atoms. The van der Waals surface area contributed by atoms with Crippen LogP contribution in [-0.4, -0.2) is 18.6 Å². The highest BCUT2D eigenvalue weighted by atomic mass is 16.5. The number of hydrogen-bond acceptors (Lipinski definition) is 3. The van der Waals surface area contributed by atoms with E-state index in [4.69, 9.17) is 9.72 Å². The van der Waals surface area contributed by atoms with E-state index in [1.807, 2.05) is 6.07 Å². The molecule has 2 aromatic rings. The second kappa shape index (κ2) is 5.70. The van der Waals surface area contributed by atoms with Crippen molar-refractivity contribution >= 4 is 16.6 Å². The summed E-state index contributed by atoms with van der Waals surface area (Å²) in [7, 11) is 1.70. The summed E-state index contributed by atoms with van der Waals surface area (Å²) in [5, 5.41) is 4.62. The molecule has 1 fully saturated rings. The summed E-state index contributed by atoms with van der Waals surface area (Å²) in [5.41, 5.74) is 3.49. The van der Waals surface area contributed by atoms with Crippen molar-refractivity contribution in [2.24, 2.45) is 0 Å². The molecule has 3 heteroatoms. The standard InChI is InChI=1S/C17H22N2O/c1-3-18-17-11-16(12-6-4-5-7-12)19-15-9-8-13(20-2)10-14(15)17/h8-12H,3-7H2,1-2H3,(H,18,19). The van der Waals surface area contributed by atoms with Gasteiger partial charge in [-0.1, -0.05) is 12.8 Å². The molecule has 1 aromatic heterocycles. The molecule has 1 aliphatic carbocycles. The van der Waals surface area contributed by atoms with Gasteiger partial charge in [0, 0.05) is 29.2 Å². The van der Waals surface area contributed by atoms with Crippen LogP contribution in [0.3, 0.4) is 0 Å². The van der Waals surface area contributed by atoms with Crippen molar-refractivity contribution in [1.82, 2.24) is 4.98 Å². The lowest BCUT2D eigenvalue weighted by molar-refractivity contribution is 0.415. The van der Waals surface area contributed by atoms with E-state index in [1.54, 1.807) is 7.11 Å². The molecule has 1 heterocycles. The van der Waals surface area contributed by atoms with E-state index in [0.717, 1.165) is 23.2 Å². The van der Waals surface area contributed by atoms with E-state index in [-0.39, 0.29) is 0 Å². The van der Waals surface area contributed by atoms with Gasteiger partial charge in [0.05, 0.1) is 12.6 Å². The molecule has 20 heavy (non-hydrogen) atoms. The van der Waals surface area contributed by atoms with E-state index in [2.05, 4.69) is 30.4 Å². The van der Waals surface area contributed by atoms with E-state index < -0.39 is 0 Å². The molecule has 106 valence electrons. The molecule has 0 amide bonds. The number of rotatable bonds is 4. The number of fused-ring (bicyclic) bond motifs is 1. The number of nitrogens with one attached hydrogen (secondary N) is 1. The first-order chi connectivity index (χ1) is 9.81. The van der Waals surface area contributed by atoms with E-state index in [9.17, 15) is 0 Å². The van der Waals surface area contributed by atoms with Gasteiger partial charge in [-0.3, -0.25) is 4.98 Å². The maximum atomic E-state index is 5.33. The SMILES string of the molecule is CCNc1cc(C2CCCC2)nc2ccc(OC)cc12. The Morgan fingerprint density at radius 2 is 2.05 bits per heavy atom. The monoisotopic (exact) mass is 270 g/mol. The molecule has 1 N–H and O–H groups in total. The number of methoxy groups -OCH3 is 1. The topological polar surface area (TPSA) is 34.2 Å². The Kier molecular flexibility index (Phi) is 3.77. The molecular formula is C17H22N2O. The Labute approximate surface area is 120 Å². The molecule has 3 rings (SSSR count). The number of anilines is 1. The Balaban J connectivity index is 2.10. The largest absolute Gasteiger partial charge is 0.497 e. The number of hydrogen-bond donors (Lipinski definition) is 1. The van der Waals surface area contributed by atoms with Crippen molar-refractivity contribution in [2.75, 3.05) is 19.0 Å². The maximum absolute atomic E-state index is 5.33. The predicted molar refractivity (Wildman–Crippen MR) is 83.7 cm³/mol. The zero-order valence-corrected chi connectivity index (χ0v) is 12.3. The first-order valence-corrected chi connectivity index (χ1v) is 7.54. The van der Waals surface area contributed by atoms with Crippen molar-refractivity contribution in [3.63, 3.8) is 0 Å². The fourth-order valence-corrected chi connectivity index (χ4v) is 3.12. The minimum absolute atomic E-state index is 0.638. The lowest BCUT2D eigenvalue weighted by Crippen LogP contribution is -2.03. The van der Waals surface area contributed by atoms with Crippen LogP contribution in [0.5, 0.6) is 5.75 Å². The van der Waals surface area contributed by atoms with Gasteiger partial charge < -0.3 is 10.1 Å². The van der Waals surface area contributed by atoms with Crippen molar-refractivity contribution in [2.45, 2.75) is 38.5 Å². The third kappa shape index (κ3) is 2.45. The maximum Gasteiger partial charge on any atom is 0.119 e. The van der Waals surface area contributed by atoms with Gasteiger partial charge in [-0.15, -0.1) is 0 Å². The van der Waals surface area contributed by atoms with Gasteiger partial charge in [0.2, 0.25) is 0 Å². The van der Waals surface area contributed by atoms with E-state index in [0.29, 0.717) is 5.92 Å². The lowest BCUT2D eigenvalue weighted by Gasteiger charge is -2.15. The van der Waals surface area contributed by atoms with Crippen LogP contribution >= 0.6 is 0 Å². The number of benzene rings is 1. The fourth-order valence-electron chi connectivity index (χ4n) is 3.12. The minimum Gasteiger partial charge on any atom is -0.497 e. The molecule has 3 nitrogen and oxygen atoms in total. The third-order valence-electron chi connectivity index (χ3n) is 4.18. The highest BCUT2D eigenvalue weighted by Crippen LogP contribution is 2.36. The van der Waals surface area contributed by atoms with Crippen LogP contribution in [0, 0.1) is 0 Å². The molecule has 1 aliphatic rings. The van der Waals surface area contributed by atoms with Gasteiger partial charge in [0.1, 0.15) is 5.75 Å². The van der Waals surface area contributed by atoms with E-state index in [1.165, 1.54) is 37.1 Å². The Hall–Kier alpha value is -1.77. The van der Waals surface area contributed by atoms with E-state index >= 15 is 0 Å². The average molecular weight is 270 g/mol. The summed E-state index contributed by atoms with van der Waals surface area (Å²) in [5.74, 6) is 1.52. The summed E-state index contributed by atoms with van der Waals surface area (Å²) in [4.78, 5) is 4.88. The molecule has 1 aromatic carbocycles. The average Bonchev–Trinajstić information content (AvgIpc) is 3.01. The first-order valence-electron chi connectivity index (χ1n) is 7.54. The highest BCUT2D eigenvalue weighted by molar-refractivity contribution is 5.92. The highest BCUT2D eigenvalue weighted by Gasteiger charge is 2.20. The Morgan fingerprint density at radius 1 is 1.25 bits per heavy atom. The third-order valence-corrected chi connectivity index (χ3v) is 4.18. The van der Waals surface area contributed by atoms with Gasteiger partial charge in [-0.2, -0.15) is 0 Å². The van der Waals surface area contributed by atoms with Crippen LogP contribution < -0.4 is 10.1 Å². The Bertz CT molecular complexity index is 603. The van der Waals surface area contributed by atoms with Crippen molar-refractivity contribution in [3.8, 4) is 5.75 Å². The Morgan fingerprint density at radius 3 is 2.75 bits per heavy atom. The van der Waals surface area contributed by atoms with Gasteiger partial charge >= 0.3 is 0 Å². The van der Waals surface area contributed by atoms with Gasteiger partial charge in [0.15, 0.2) is 0 Å². The lowest BCUT2D eigenvalue weighted by atomic mass is 10.0. The predicted octanol–water partition coefficient (Wildman–Crippen LogP) is 4.33. The van der Waals surface area contributed by atoms with Crippen molar-refractivity contribution in [3.05, 3.63) is 30.0 Å². The zero-order chi connectivity index (χ0) is 13.9. The zero-order valence-electron chi connectivity index (χ0n) is 12.3. The second-order valence-electron chi connectivity index (χ2n) is 5.49. The molecule has 0 aliphatic heterocycles. The van der Waals surface area contributed by atoms with Crippen molar-refractivity contribution < 1.29 is 4.74 Å². The van der Waals surface area contributed by atoms with Crippen LogP contribution in [0.25, 0.3) is 10.9 Å². The van der Waals surface area contributed by atoms with Crippen LogP contribution in [0.4, 0.5) is 5.69 Å². The minimum atomic E-state index is 0.638. The summed E-state index contributed by atoms with van der Waals surface area (Å²) < 4.78 is 5.33. The number of pyridine rings is 1. The quantitative estimate of drug-likeness (QED) is 0.897. The van der Waals surface area contributed by atoms with Gasteiger partial charge in [-0.05, 0) is 44.0 Å². The fraction of sp³-hybridized carbons (Fsp3) is 0.471. The summed E-state index contributed by atoms with van der Waals surface area (Å²) in [6.45, 7) is 3.04. The van der Waals surface area contributed by atoms with Crippen molar-refractivity contribution in [1.29, 1.82) is 0 Å². The summed E-state index contributed by atoms with van der Waals surface area (Å²) >= 11 is 0. The molecule has 0 radical (unpaired) electrons. The first kappa shape index (κ1) is 13.2. The van der Waals surface area contributed by atoms with Gasteiger partial charge in [-0.25, -0.2) is 0 Å². The number of aromatic nitrogens is 1. The normalized spacial score (nSPS) is 15.7. The summed E-state index contributed by atoms with van der Waals surface area (Å²) in [6.07, 6.45) is 5.23. The molecule has 0 saturated heterocycles.